The Balaban J connectivity index is 1.37. The third-order valence-corrected chi connectivity index (χ3v) is 10.3. The van der Waals surface area contributed by atoms with Crippen LogP contribution in [0.4, 0.5) is 0 Å². The lowest BCUT2D eigenvalue weighted by molar-refractivity contribution is -0.139. The van der Waals surface area contributed by atoms with Gasteiger partial charge in [0.15, 0.2) is 0 Å². The molecule has 4 heteroatoms. The van der Waals surface area contributed by atoms with Gasteiger partial charge in [0, 0.05) is 30.5 Å². The maximum absolute atomic E-state index is 13.7. The van der Waals surface area contributed by atoms with Crippen molar-refractivity contribution >= 4 is 11.8 Å². The molecule has 3 aliphatic carbocycles. The molecule has 178 valence electrons. The third-order valence-electron chi connectivity index (χ3n) is 10.3. The molecule has 3 fully saturated rings. The highest BCUT2D eigenvalue weighted by Crippen LogP contribution is 2.66. The molecule has 4 aliphatic rings. The van der Waals surface area contributed by atoms with Crippen molar-refractivity contribution < 1.29 is 9.59 Å². The van der Waals surface area contributed by atoms with Crippen LogP contribution in [0.3, 0.4) is 0 Å². The van der Waals surface area contributed by atoms with Crippen LogP contribution < -0.4 is 5.32 Å². The number of hydrogen-bond donors (Lipinski definition) is 1. The summed E-state index contributed by atoms with van der Waals surface area (Å²) >= 11 is 0. The summed E-state index contributed by atoms with van der Waals surface area (Å²) in [5.41, 5.74) is 2.20. The number of nitrogens with zero attached hydrogens (tertiary/aromatic N) is 1. The molecule has 1 saturated heterocycles. The number of benzene rings is 1. The number of hydrogen-bond acceptors (Lipinski definition) is 2. The van der Waals surface area contributed by atoms with Gasteiger partial charge in [-0.2, -0.15) is 0 Å². The molecule has 1 aliphatic heterocycles. The Morgan fingerprint density at radius 2 is 1.79 bits per heavy atom. The summed E-state index contributed by atoms with van der Waals surface area (Å²) in [6.07, 6.45) is 9.48. The van der Waals surface area contributed by atoms with Gasteiger partial charge in [0.1, 0.15) is 0 Å². The molecule has 33 heavy (non-hydrogen) atoms. The monoisotopic (exact) mass is 448 g/mol. The fraction of sp³-hybridized carbons (Fsp3) is 0.655. The minimum absolute atomic E-state index is 0.0656. The molecular weight excluding hydrogens is 408 g/mol. The Labute approximate surface area is 199 Å². The van der Waals surface area contributed by atoms with E-state index in [-0.39, 0.29) is 34.1 Å². The van der Waals surface area contributed by atoms with E-state index < -0.39 is 0 Å². The summed E-state index contributed by atoms with van der Waals surface area (Å²) in [6, 6.07) is 10.3. The largest absolute Gasteiger partial charge is 0.347 e. The molecule has 6 atom stereocenters. The number of likely N-dealkylation sites (tertiary alicyclic amines) is 1. The molecule has 0 aromatic heterocycles. The number of rotatable bonds is 3. The summed E-state index contributed by atoms with van der Waals surface area (Å²) in [4.78, 5) is 28.0. The molecule has 0 radical (unpaired) electrons. The predicted octanol–water partition coefficient (Wildman–Crippen LogP) is 5.64. The van der Waals surface area contributed by atoms with Gasteiger partial charge in [0.05, 0.1) is 5.54 Å². The van der Waals surface area contributed by atoms with Crippen molar-refractivity contribution in [3.63, 3.8) is 0 Å². The highest BCUT2D eigenvalue weighted by Gasteiger charge is 2.60. The van der Waals surface area contributed by atoms with E-state index in [1.807, 2.05) is 30.1 Å². The highest BCUT2D eigenvalue weighted by atomic mass is 16.2. The average molecular weight is 449 g/mol. The van der Waals surface area contributed by atoms with Gasteiger partial charge in [0.25, 0.3) is 0 Å². The summed E-state index contributed by atoms with van der Waals surface area (Å²) in [5, 5.41) is 3.41. The Morgan fingerprint density at radius 3 is 2.52 bits per heavy atom. The van der Waals surface area contributed by atoms with Crippen LogP contribution in [0.1, 0.15) is 78.2 Å². The normalized spacial score (nSPS) is 38.2. The summed E-state index contributed by atoms with van der Waals surface area (Å²) < 4.78 is 0. The summed E-state index contributed by atoms with van der Waals surface area (Å²) in [7, 11) is 1.96. The van der Waals surface area contributed by atoms with Crippen LogP contribution in [-0.4, -0.2) is 23.8 Å². The van der Waals surface area contributed by atoms with E-state index in [4.69, 9.17) is 0 Å². The van der Waals surface area contributed by atoms with E-state index >= 15 is 0 Å². The number of fused-ring (bicyclic) bond motifs is 5. The topological polar surface area (TPSA) is 49.4 Å². The van der Waals surface area contributed by atoms with Crippen LogP contribution in [0.25, 0.3) is 0 Å². The fourth-order valence-electron chi connectivity index (χ4n) is 8.33. The van der Waals surface area contributed by atoms with Crippen LogP contribution in [0.5, 0.6) is 0 Å². The van der Waals surface area contributed by atoms with Crippen molar-refractivity contribution in [1.29, 1.82) is 0 Å². The molecule has 1 unspecified atom stereocenters. The van der Waals surface area contributed by atoms with Crippen molar-refractivity contribution in [2.24, 2.45) is 34.5 Å². The van der Waals surface area contributed by atoms with Crippen LogP contribution >= 0.6 is 0 Å². The number of nitrogens with one attached hydrogen (secondary N) is 1. The standard InChI is InChI=1S/C29H40N2O2/c1-27(2,19-9-7-6-8-10-19)30-26(33)23-13-12-21-20-11-14-24-29(4,18-16-25(32)31(24)5)22(20)15-17-28(21,23)3/h6-10,14,20-23H,11-13,15-18H2,1-5H3,(H,30,33)/t20-,21-,22+,23?,28-,29+/m0/s1. The Kier molecular flexibility index (Phi) is 5.30. The van der Waals surface area contributed by atoms with Gasteiger partial charge in [-0.25, -0.2) is 0 Å². The minimum Gasteiger partial charge on any atom is -0.347 e. The predicted molar refractivity (Wildman–Crippen MR) is 131 cm³/mol. The van der Waals surface area contributed by atoms with Gasteiger partial charge in [0.2, 0.25) is 11.8 Å². The lowest BCUT2D eigenvalue weighted by Gasteiger charge is -2.58. The van der Waals surface area contributed by atoms with Crippen molar-refractivity contribution in [2.75, 3.05) is 7.05 Å². The number of allylic oxidation sites excluding steroid dienone is 2. The zero-order valence-electron chi connectivity index (χ0n) is 21.0. The zero-order valence-corrected chi connectivity index (χ0v) is 21.0. The van der Waals surface area contributed by atoms with Gasteiger partial charge in [-0.1, -0.05) is 50.3 Å². The van der Waals surface area contributed by atoms with Gasteiger partial charge in [-0.3, -0.25) is 9.59 Å². The first-order valence-corrected chi connectivity index (χ1v) is 12.9. The Hall–Kier alpha value is -2.10. The fourth-order valence-corrected chi connectivity index (χ4v) is 8.33. The lowest BCUT2D eigenvalue weighted by atomic mass is 9.49. The van der Waals surface area contributed by atoms with Crippen LogP contribution in [0.2, 0.25) is 0 Å². The molecule has 1 aromatic carbocycles. The number of carbonyl (C=O) groups is 2. The molecule has 4 nitrogen and oxygen atoms in total. The van der Waals surface area contributed by atoms with Crippen molar-refractivity contribution in [3.8, 4) is 0 Å². The molecule has 2 amide bonds. The second-order valence-electron chi connectivity index (χ2n) is 12.2. The number of carbonyl (C=O) groups excluding carboxylic acids is 2. The van der Waals surface area contributed by atoms with E-state index in [1.54, 1.807) is 0 Å². The Bertz CT molecular complexity index is 983. The molecule has 1 N–H and O–H groups in total. The van der Waals surface area contributed by atoms with E-state index in [0.29, 0.717) is 24.2 Å². The maximum atomic E-state index is 13.7. The summed E-state index contributed by atoms with van der Waals surface area (Å²) in [6.45, 7) is 9.03. The molecule has 2 saturated carbocycles. The Morgan fingerprint density at radius 1 is 1.06 bits per heavy atom. The number of amides is 2. The quantitative estimate of drug-likeness (QED) is 0.650. The molecular formula is C29H40N2O2. The van der Waals surface area contributed by atoms with E-state index in [2.05, 4.69) is 51.2 Å². The first kappa shape index (κ1) is 22.7. The zero-order chi connectivity index (χ0) is 23.6. The van der Waals surface area contributed by atoms with Crippen LogP contribution in [0, 0.1) is 34.5 Å². The van der Waals surface area contributed by atoms with Crippen LogP contribution in [0.15, 0.2) is 42.1 Å². The van der Waals surface area contributed by atoms with Gasteiger partial charge >= 0.3 is 0 Å². The van der Waals surface area contributed by atoms with Gasteiger partial charge in [-0.15, -0.1) is 0 Å². The lowest BCUT2D eigenvalue weighted by Crippen LogP contribution is -2.55. The van der Waals surface area contributed by atoms with Gasteiger partial charge < -0.3 is 10.2 Å². The SMILES string of the molecule is CN1C(=O)CC[C@@]2(C)C1=CC[C@@H]1[C@H]2CC[C@]2(C)C(C(=O)NC(C)(C)c3ccccc3)CC[C@@H]12. The first-order valence-electron chi connectivity index (χ1n) is 12.9. The first-order chi connectivity index (χ1) is 15.6. The average Bonchev–Trinajstić information content (AvgIpc) is 3.14. The van der Waals surface area contributed by atoms with Crippen molar-refractivity contribution in [2.45, 2.75) is 78.2 Å². The van der Waals surface area contributed by atoms with E-state index in [1.165, 1.54) is 12.1 Å². The smallest absolute Gasteiger partial charge is 0.226 e. The second kappa shape index (κ2) is 7.71. The third kappa shape index (κ3) is 3.39. The van der Waals surface area contributed by atoms with Crippen molar-refractivity contribution in [1.82, 2.24) is 10.2 Å². The molecule has 0 spiro atoms. The maximum Gasteiger partial charge on any atom is 0.226 e. The molecule has 0 bridgehead atoms. The van der Waals surface area contributed by atoms with Crippen molar-refractivity contribution in [3.05, 3.63) is 47.7 Å². The van der Waals surface area contributed by atoms with Crippen LogP contribution in [-0.2, 0) is 15.1 Å². The highest BCUT2D eigenvalue weighted by molar-refractivity contribution is 5.81. The molecule has 5 rings (SSSR count). The molecule has 1 heterocycles. The summed E-state index contributed by atoms with van der Waals surface area (Å²) in [5.74, 6) is 2.40. The minimum atomic E-state index is -0.376. The molecule has 1 aromatic rings. The number of piperidine rings is 1. The van der Waals surface area contributed by atoms with Gasteiger partial charge in [-0.05, 0) is 81.1 Å². The van der Waals surface area contributed by atoms with E-state index in [9.17, 15) is 9.59 Å². The van der Waals surface area contributed by atoms with E-state index in [0.717, 1.165) is 37.7 Å². The second-order valence-corrected chi connectivity index (χ2v) is 12.2.